The molecular weight excluding hydrogens is 212 g/mol. The second-order valence-electron chi connectivity index (χ2n) is 5.59. The van der Waals surface area contributed by atoms with E-state index in [-0.39, 0.29) is 11.9 Å². The molecule has 1 aliphatic rings. The van der Waals surface area contributed by atoms with Gasteiger partial charge in [-0.2, -0.15) is 0 Å². The minimum Gasteiger partial charge on any atom is -0.356 e. The Kier molecular flexibility index (Phi) is 6.56. The van der Waals surface area contributed by atoms with Gasteiger partial charge in [0.15, 0.2) is 0 Å². The molecule has 1 atom stereocenters. The van der Waals surface area contributed by atoms with Gasteiger partial charge in [-0.15, -0.1) is 0 Å². The molecule has 0 aromatic carbocycles. The molecule has 0 aliphatic heterocycles. The maximum Gasteiger partial charge on any atom is 0.221 e. The topological polar surface area (TPSA) is 41.1 Å². The Morgan fingerprint density at radius 3 is 2.53 bits per heavy atom. The van der Waals surface area contributed by atoms with Crippen molar-refractivity contribution in [2.45, 2.75) is 58.9 Å². The summed E-state index contributed by atoms with van der Waals surface area (Å²) >= 11 is 0. The molecule has 0 heterocycles. The van der Waals surface area contributed by atoms with E-state index >= 15 is 0 Å². The first-order valence-corrected chi connectivity index (χ1v) is 7.11. The van der Waals surface area contributed by atoms with Crippen LogP contribution in [0.2, 0.25) is 0 Å². The van der Waals surface area contributed by atoms with Gasteiger partial charge in [0.2, 0.25) is 5.91 Å². The Balaban J connectivity index is 2.11. The molecule has 1 rings (SSSR count). The summed E-state index contributed by atoms with van der Waals surface area (Å²) in [6, 6.07) is 0.284. The van der Waals surface area contributed by atoms with Gasteiger partial charge in [0.1, 0.15) is 0 Å². The Morgan fingerprint density at radius 2 is 1.94 bits per heavy atom. The molecular formula is C14H28N2O. The highest BCUT2D eigenvalue weighted by Gasteiger charge is 2.18. The molecule has 1 aliphatic carbocycles. The van der Waals surface area contributed by atoms with Crippen molar-refractivity contribution in [3.8, 4) is 0 Å². The molecule has 0 aromatic heterocycles. The van der Waals surface area contributed by atoms with Crippen LogP contribution in [-0.2, 0) is 4.79 Å². The molecule has 0 radical (unpaired) electrons. The van der Waals surface area contributed by atoms with E-state index in [1.807, 2.05) is 0 Å². The van der Waals surface area contributed by atoms with Crippen molar-refractivity contribution in [3.05, 3.63) is 0 Å². The molecule has 0 saturated heterocycles. The van der Waals surface area contributed by atoms with Crippen molar-refractivity contribution in [3.63, 3.8) is 0 Å². The average Bonchev–Trinajstić information content (AvgIpc) is 2.28. The monoisotopic (exact) mass is 240 g/mol. The maximum absolute atomic E-state index is 11.7. The van der Waals surface area contributed by atoms with Crippen LogP contribution in [0.25, 0.3) is 0 Å². The highest BCUT2D eigenvalue weighted by Crippen LogP contribution is 2.27. The van der Waals surface area contributed by atoms with Crippen LogP contribution in [0.1, 0.15) is 52.9 Å². The van der Waals surface area contributed by atoms with E-state index in [1.54, 1.807) is 0 Å². The molecule has 100 valence electrons. The molecule has 1 amide bonds. The smallest absolute Gasteiger partial charge is 0.221 e. The first-order chi connectivity index (χ1) is 8.11. The molecule has 0 bridgehead atoms. The van der Waals surface area contributed by atoms with Crippen LogP contribution in [0.5, 0.6) is 0 Å². The fraction of sp³-hybridized carbons (Fsp3) is 0.929. The number of carbonyl (C=O) groups excluding carboxylic acids is 1. The zero-order chi connectivity index (χ0) is 12.7. The van der Waals surface area contributed by atoms with Gasteiger partial charge in [0, 0.05) is 19.0 Å². The van der Waals surface area contributed by atoms with Gasteiger partial charge in [-0.3, -0.25) is 4.79 Å². The average molecular weight is 240 g/mol. The van der Waals surface area contributed by atoms with E-state index in [0.717, 1.165) is 19.0 Å². The number of rotatable bonds is 6. The van der Waals surface area contributed by atoms with E-state index in [0.29, 0.717) is 12.3 Å². The molecule has 1 saturated carbocycles. The van der Waals surface area contributed by atoms with Gasteiger partial charge in [0.25, 0.3) is 0 Å². The maximum atomic E-state index is 11.7. The SMILES string of the molecule is CCNC(C)CC(=O)NCC1CCC(C)CC1. The van der Waals surface area contributed by atoms with Crippen LogP contribution < -0.4 is 10.6 Å². The summed E-state index contributed by atoms with van der Waals surface area (Å²) in [5.41, 5.74) is 0. The van der Waals surface area contributed by atoms with Gasteiger partial charge >= 0.3 is 0 Å². The summed E-state index contributed by atoms with van der Waals surface area (Å²) in [6.45, 7) is 8.26. The third-order valence-electron chi connectivity index (χ3n) is 3.77. The van der Waals surface area contributed by atoms with Crippen molar-refractivity contribution in [1.82, 2.24) is 10.6 Å². The van der Waals surface area contributed by atoms with Gasteiger partial charge in [-0.25, -0.2) is 0 Å². The van der Waals surface area contributed by atoms with Crippen molar-refractivity contribution >= 4 is 5.91 Å². The zero-order valence-electron chi connectivity index (χ0n) is 11.6. The van der Waals surface area contributed by atoms with Crippen LogP contribution >= 0.6 is 0 Å². The highest BCUT2D eigenvalue weighted by atomic mass is 16.1. The second kappa shape index (κ2) is 7.70. The normalized spacial score (nSPS) is 26.5. The van der Waals surface area contributed by atoms with E-state index in [4.69, 9.17) is 0 Å². The van der Waals surface area contributed by atoms with Crippen molar-refractivity contribution < 1.29 is 4.79 Å². The number of carbonyl (C=O) groups is 1. The predicted molar refractivity (Wildman–Crippen MR) is 71.9 cm³/mol. The second-order valence-corrected chi connectivity index (χ2v) is 5.59. The molecule has 0 aromatic rings. The largest absolute Gasteiger partial charge is 0.356 e. The van der Waals surface area contributed by atoms with E-state index in [2.05, 4.69) is 31.4 Å². The third-order valence-corrected chi connectivity index (χ3v) is 3.77. The molecule has 3 heteroatoms. The summed E-state index contributed by atoms with van der Waals surface area (Å²) in [6.07, 6.45) is 5.81. The number of nitrogens with one attached hydrogen (secondary N) is 2. The lowest BCUT2D eigenvalue weighted by molar-refractivity contribution is -0.121. The van der Waals surface area contributed by atoms with Crippen molar-refractivity contribution in [2.75, 3.05) is 13.1 Å². The summed E-state index contributed by atoms with van der Waals surface area (Å²) in [5, 5.41) is 6.34. The molecule has 17 heavy (non-hydrogen) atoms. The minimum atomic E-state index is 0.192. The quantitative estimate of drug-likeness (QED) is 0.748. The van der Waals surface area contributed by atoms with Gasteiger partial charge in [0.05, 0.1) is 0 Å². The third kappa shape index (κ3) is 6.06. The van der Waals surface area contributed by atoms with Crippen LogP contribution in [0.3, 0.4) is 0 Å². The van der Waals surface area contributed by atoms with Crippen molar-refractivity contribution in [1.29, 1.82) is 0 Å². The lowest BCUT2D eigenvalue weighted by atomic mass is 9.83. The van der Waals surface area contributed by atoms with E-state index < -0.39 is 0 Å². The zero-order valence-corrected chi connectivity index (χ0v) is 11.6. The Hall–Kier alpha value is -0.570. The van der Waals surface area contributed by atoms with Crippen LogP contribution in [0.4, 0.5) is 0 Å². The predicted octanol–water partition coefficient (Wildman–Crippen LogP) is 2.32. The lowest BCUT2D eigenvalue weighted by Crippen LogP contribution is -2.36. The minimum absolute atomic E-state index is 0.192. The number of hydrogen-bond donors (Lipinski definition) is 2. The first kappa shape index (κ1) is 14.5. The molecule has 1 fully saturated rings. The molecule has 1 unspecified atom stereocenters. The standard InChI is InChI=1S/C14H28N2O/c1-4-15-12(3)9-14(17)16-10-13-7-5-11(2)6-8-13/h11-13,15H,4-10H2,1-3H3,(H,16,17). The number of hydrogen-bond acceptors (Lipinski definition) is 2. The fourth-order valence-corrected chi connectivity index (χ4v) is 2.56. The number of amides is 1. The van der Waals surface area contributed by atoms with Gasteiger partial charge in [-0.05, 0) is 38.1 Å². The van der Waals surface area contributed by atoms with Crippen LogP contribution in [-0.4, -0.2) is 25.0 Å². The highest BCUT2D eigenvalue weighted by molar-refractivity contribution is 5.76. The summed E-state index contributed by atoms with van der Waals surface area (Å²) < 4.78 is 0. The Morgan fingerprint density at radius 1 is 1.29 bits per heavy atom. The summed E-state index contributed by atoms with van der Waals surface area (Å²) in [7, 11) is 0. The van der Waals surface area contributed by atoms with E-state index in [1.165, 1.54) is 25.7 Å². The summed E-state index contributed by atoms with van der Waals surface area (Å²) in [4.78, 5) is 11.7. The van der Waals surface area contributed by atoms with Gasteiger partial charge in [-0.1, -0.05) is 26.7 Å². The Bertz CT molecular complexity index is 222. The Labute approximate surface area is 106 Å². The van der Waals surface area contributed by atoms with Crippen LogP contribution in [0.15, 0.2) is 0 Å². The molecule has 0 spiro atoms. The van der Waals surface area contributed by atoms with Gasteiger partial charge < -0.3 is 10.6 Å². The molecule has 2 N–H and O–H groups in total. The molecule has 3 nitrogen and oxygen atoms in total. The first-order valence-electron chi connectivity index (χ1n) is 7.11. The lowest BCUT2D eigenvalue weighted by Gasteiger charge is -2.26. The van der Waals surface area contributed by atoms with E-state index in [9.17, 15) is 4.79 Å². The summed E-state index contributed by atoms with van der Waals surface area (Å²) in [5.74, 6) is 1.79. The van der Waals surface area contributed by atoms with Crippen LogP contribution in [0, 0.1) is 11.8 Å². The fourth-order valence-electron chi connectivity index (χ4n) is 2.56. The van der Waals surface area contributed by atoms with Crippen molar-refractivity contribution in [2.24, 2.45) is 11.8 Å².